The van der Waals surface area contributed by atoms with E-state index in [1.165, 1.54) is 6.42 Å². The van der Waals surface area contributed by atoms with Crippen molar-refractivity contribution in [2.75, 3.05) is 26.4 Å². The van der Waals surface area contributed by atoms with Gasteiger partial charge in [-0.2, -0.15) is 0 Å². The van der Waals surface area contributed by atoms with E-state index in [1.54, 1.807) is 11.3 Å². The Hall–Kier alpha value is -0.980. The van der Waals surface area contributed by atoms with Crippen LogP contribution in [-0.2, 0) is 14.3 Å². The molecule has 2 fully saturated rings. The molecule has 23 heavy (non-hydrogen) atoms. The first-order chi connectivity index (χ1) is 11.2. The zero-order chi connectivity index (χ0) is 16.1. The molecule has 0 aromatic carbocycles. The number of hydrogen-bond acceptors (Lipinski definition) is 5. The van der Waals surface area contributed by atoms with Gasteiger partial charge in [-0.1, -0.05) is 0 Å². The quantitative estimate of drug-likeness (QED) is 0.748. The minimum Gasteiger partial charge on any atom is -0.378 e. The molecule has 5 nitrogen and oxygen atoms in total. The first-order valence-corrected chi connectivity index (χ1v) is 9.53. The van der Waals surface area contributed by atoms with Gasteiger partial charge in [-0.25, -0.2) is 4.98 Å². The molecule has 3 heterocycles. The van der Waals surface area contributed by atoms with Crippen molar-refractivity contribution in [2.24, 2.45) is 0 Å². The maximum Gasteiger partial charge on any atom is 0.225 e. The van der Waals surface area contributed by atoms with Crippen molar-refractivity contribution in [3.63, 3.8) is 0 Å². The lowest BCUT2D eigenvalue weighted by Crippen LogP contribution is -2.39. The van der Waals surface area contributed by atoms with Crippen molar-refractivity contribution in [1.82, 2.24) is 9.88 Å². The highest BCUT2D eigenvalue weighted by atomic mass is 32.1. The number of thiazole rings is 1. The first kappa shape index (κ1) is 16.9. The number of amides is 1. The van der Waals surface area contributed by atoms with Crippen molar-refractivity contribution >= 4 is 17.2 Å². The Morgan fingerprint density at radius 2 is 2.35 bits per heavy atom. The van der Waals surface area contributed by atoms with Crippen molar-refractivity contribution in [1.29, 1.82) is 0 Å². The smallest absolute Gasteiger partial charge is 0.225 e. The van der Waals surface area contributed by atoms with Crippen molar-refractivity contribution in [3.05, 3.63) is 16.1 Å². The van der Waals surface area contributed by atoms with E-state index < -0.39 is 0 Å². The van der Waals surface area contributed by atoms with E-state index in [2.05, 4.69) is 10.4 Å². The highest BCUT2D eigenvalue weighted by Crippen LogP contribution is 2.33. The lowest BCUT2D eigenvalue weighted by atomic mass is 10.0. The Bertz CT molecular complexity index is 514. The Balaban J connectivity index is 1.48. The zero-order valence-electron chi connectivity index (χ0n) is 13.8. The standard InChI is InChI=1S/C17H26N2O3S/c1-13-12-23-17(18-13)15-6-2-3-8-19(15)16(20)7-10-21-11-14-5-4-9-22-14/h12,14-15H,2-11H2,1H3/t14-,15-/m0/s1. The van der Waals surface area contributed by atoms with Gasteiger partial charge in [-0.15, -0.1) is 11.3 Å². The molecule has 2 saturated heterocycles. The Morgan fingerprint density at radius 1 is 1.43 bits per heavy atom. The number of hydrogen-bond donors (Lipinski definition) is 0. The topological polar surface area (TPSA) is 51.7 Å². The fourth-order valence-corrected chi connectivity index (χ4v) is 4.25. The van der Waals surface area contributed by atoms with Gasteiger partial charge >= 0.3 is 0 Å². The number of carbonyl (C=O) groups is 1. The molecular weight excluding hydrogens is 312 g/mol. The maximum atomic E-state index is 12.6. The molecule has 0 radical (unpaired) electrons. The molecule has 128 valence electrons. The molecule has 1 amide bonds. The Labute approximate surface area is 142 Å². The third-order valence-corrected chi connectivity index (χ3v) is 5.60. The molecule has 0 spiro atoms. The van der Waals surface area contributed by atoms with Crippen LogP contribution < -0.4 is 0 Å². The highest BCUT2D eigenvalue weighted by Gasteiger charge is 2.29. The normalized spacial score (nSPS) is 25.0. The summed E-state index contributed by atoms with van der Waals surface area (Å²) in [5.74, 6) is 0.190. The van der Waals surface area contributed by atoms with Gasteiger partial charge < -0.3 is 14.4 Å². The summed E-state index contributed by atoms with van der Waals surface area (Å²) in [5.41, 5.74) is 1.04. The molecule has 0 unspecified atom stereocenters. The molecule has 0 bridgehead atoms. The number of nitrogens with zero attached hydrogens (tertiary/aromatic N) is 2. The van der Waals surface area contributed by atoms with Crippen LogP contribution in [0.5, 0.6) is 0 Å². The van der Waals surface area contributed by atoms with E-state index in [1.807, 2.05) is 11.8 Å². The summed E-state index contributed by atoms with van der Waals surface area (Å²) >= 11 is 1.67. The van der Waals surface area contributed by atoms with Crippen molar-refractivity contribution in [3.8, 4) is 0 Å². The molecule has 2 atom stereocenters. The summed E-state index contributed by atoms with van der Waals surface area (Å²) in [4.78, 5) is 19.2. The number of aryl methyl sites for hydroxylation is 1. The third-order valence-electron chi connectivity index (χ3n) is 4.53. The lowest BCUT2D eigenvalue weighted by Gasteiger charge is -2.34. The van der Waals surface area contributed by atoms with E-state index in [-0.39, 0.29) is 18.1 Å². The van der Waals surface area contributed by atoms with E-state index in [9.17, 15) is 4.79 Å². The molecule has 2 aliphatic rings. The van der Waals surface area contributed by atoms with Gasteiger partial charge in [-0.3, -0.25) is 4.79 Å². The van der Waals surface area contributed by atoms with Gasteiger partial charge in [0.05, 0.1) is 31.8 Å². The summed E-state index contributed by atoms with van der Waals surface area (Å²) in [5, 5.41) is 3.15. The second-order valence-corrected chi connectivity index (χ2v) is 7.28. The second-order valence-electron chi connectivity index (χ2n) is 6.39. The predicted molar refractivity (Wildman–Crippen MR) is 89.6 cm³/mol. The van der Waals surface area contributed by atoms with Crippen LogP contribution >= 0.6 is 11.3 Å². The summed E-state index contributed by atoms with van der Waals surface area (Å²) < 4.78 is 11.2. The Kier molecular flexibility index (Phi) is 6.02. The number of aromatic nitrogens is 1. The number of piperidine rings is 1. The first-order valence-electron chi connectivity index (χ1n) is 8.65. The van der Waals surface area contributed by atoms with Gasteiger partial charge in [0, 0.05) is 24.2 Å². The average molecular weight is 338 g/mol. The van der Waals surface area contributed by atoms with E-state index in [0.29, 0.717) is 19.6 Å². The summed E-state index contributed by atoms with van der Waals surface area (Å²) in [6.07, 6.45) is 6.15. The van der Waals surface area contributed by atoms with Crippen LogP contribution in [-0.4, -0.2) is 48.3 Å². The predicted octanol–water partition coefficient (Wildman–Crippen LogP) is 3.09. The monoisotopic (exact) mass is 338 g/mol. The molecule has 0 saturated carbocycles. The second kappa shape index (κ2) is 8.22. The van der Waals surface area contributed by atoms with Gasteiger partial charge in [0.25, 0.3) is 0 Å². The van der Waals surface area contributed by atoms with Crippen LogP contribution in [0.2, 0.25) is 0 Å². The van der Waals surface area contributed by atoms with Gasteiger partial charge in [0.1, 0.15) is 5.01 Å². The molecule has 1 aromatic heterocycles. The van der Waals surface area contributed by atoms with Gasteiger partial charge in [0.15, 0.2) is 0 Å². The van der Waals surface area contributed by atoms with Crippen molar-refractivity contribution < 1.29 is 14.3 Å². The fourth-order valence-electron chi connectivity index (χ4n) is 3.31. The van der Waals surface area contributed by atoms with E-state index >= 15 is 0 Å². The van der Waals surface area contributed by atoms with Crippen LogP contribution in [0.4, 0.5) is 0 Å². The Morgan fingerprint density at radius 3 is 3.09 bits per heavy atom. The molecule has 2 aliphatic heterocycles. The van der Waals surface area contributed by atoms with E-state index in [4.69, 9.17) is 9.47 Å². The van der Waals surface area contributed by atoms with Gasteiger partial charge in [-0.05, 0) is 39.0 Å². The van der Waals surface area contributed by atoms with E-state index in [0.717, 1.165) is 49.5 Å². The molecule has 0 N–H and O–H groups in total. The fraction of sp³-hybridized carbons (Fsp3) is 0.765. The largest absolute Gasteiger partial charge is 0.378 e. The minimum absolute atomic E-state index is 0.160. The molecule has 0 aliphatic carbocycles. The molecular formula is C17H26N2O3S. The van der Waals surface area contributed by atoms with Crippen LogP contribution in [0.1, 0.15) is 55.3 Å². The number of carbonyl (C=O) groups excluding carboxylic acids is 1. The third kappa shape index (κ3) is 4.52. The van der Waals surface area contributed by atoms with Gasteiger partial charge in [0.2, 0.25) is 5.91 Å². The van der Waals surface area contributed by atoms with Crippen molar-refractivity contribution in [2.45, 2.75) is 57.6 Å². The molecule has 3 rings (SSSR count). The summed E-state index contributed by atoms with van der Waals surface area (Å²) in [6, 6.07) is 0.160. The SMILES string of the molecule is Cc1csc([C@@H]2CCCCN2C(=O)CCOC[C@@H]2CCCO2)n1. The highest BCUT2D eigenvalue weighted by molar-refractivity contribution is 7.09. The maximum absolute atomic E-state index is 12.6. The number of ether oxygens (including phenoxy) is 2. The summed E-state index contributed by atoms with van der Waals surface area (Å²) in [6.45, 7) is 4.79. The minimum atomic E-state index is 0.160. The zero-order valence-corrected chi connectivity index (χ0v) is 14.6. The average Bonchev–Trinajstić information content (AvgIpc) is 3.23. The summed E-state index contributed by atoms with van der Waals surface area (Å²) in [7, 11) is 0. The molecule has 6 heteroatoms. The van der Waals surface area contributed by atoms with Crippen LogP contribution in [0.3, 0.4) is 0 Å². The lowest BCUT2D eigenvalue weighted by molar-refractivity contribution is -0.136. The number of rotatable bonds is 6. The van der Waals surface area contributed by atoms with Crippen LogP contribution in [0, 0.1) is 6.92 Å². The van der Waals surface area contributed by atoms with Crippen LogP contribution in [0.25, 0.3) is 0 Å². The number of likely N-dealkylation sites (tertiary alicyclic amines) is 1. The molecule has 1 aromatic rings. The van der Waals surface area contributed by atoms with Crippen LogP contribution in [0.15, 0.2) is 5.38 Å².